The lowest BCUT2D eigenvalue weighted by Crippen LogP contribution is -2.06. The predicted molar refractivity (Wildman–Crippen MR) is 97.0 cm³/mol. The number of ether oxygens (including phenoxy) is 1. The lowest BCUT2D eigenvalue weighted by Gasteiger charge is -2.11. The van der Waals surface area contributed by atoms with Gasteiger partial charge in [0.05, 0.1) is 40.6 Å². The molecule has 4 aromatic rings. The first-order chi connectivity index (χ1) is 12.3. The molecule has 6 heteroatoms. The number of pyridine rings is 1. The van der Waals surface area contributed by atoms with Gasteiger partial charge in [-0.1, -0.05) is 24.3 Å². The summed E-state index contributed by atoms with van der Waals surface area (Å²) in [5.74, 6) is 0.703. The van der Waals surface area contributed by atoms with Crippen molar-refractivity contribution in [2.45, 2.75) is 10.1 Å². The van der Waals surface area contributed by atoms with E-state index in [1.807, 2.05) is 54.6 Å². The number of fused-ring (bicyclic) bond motifs is 1. The van der Waals surface area contributed by atoms with E-state index in [0.29, 0.717) is 21.5 Å². The second-order valence-electron chi connectivity index (χ2n) is 5.40. The molecule has 0 amide bonds. The summed E-state index contributed by atoms with van der Waals surface area (Å²) in [4.78, 5) is 12.6. The van der Waals surface area contributed by atoms with E-state index in [9.17, 15) is 4.55 Å². The Kier molecular flexibility index (Phi) is 4.13. The van der Waals surface area contributed by atoms with Gasteiger partial charge >= 0.3 is 5.16 Å². The van der Waals surface area contributed by atoms with Gasteiger partial charge in [-0.05, 0) is 30.3 Å². The van der Waals surface area contributed by atoms with Crippen LogP contribution in [-0.2, 0) is 11.2 Å². The van der Waals surface area contributed by atoms with Crippen LogP contribution in [0.4, 0.5) is 0 Å². The molecule has 0 bridgehead atoms. The molecule has 25 heavy (non-hydrogen) atoms. The highest BCUT2D eigenvalue weighted by Gasteiger charge is 2.24. The molecule has 0 radical (unpaired) electrons. The molecule has 0 fully saturated rings. The molecule has 1 unspecified atom stereocenters. The maximum atomic E-state index is 13.1. The summed E-state index contributed by atoms with van der Waals surface area (Å²) >= 11 is -1.45. The van der Waals surface area contributed by atoms with Crippen molar-refractivity contribution < 1.29 is 9.29 Å². The molecule has 2 heterocycles. The maximum absolute atomic E-state index is 13.1. The van der Waals surface area contributed by atoms with Crippen LogP contribution < -0.4 is 4.74 Å². The van der Waals surface area contributed by atoms with Gasteiger partial charge in [0.15, 0.2) is 4.90 Å². The third kappa shape index (κ3) is 2.97. The Hall–Kier alpha value is -2.83. The fourth-order valence-corrected chi connectivity index (χ4v) is 3.81. The number of hydrogen-bond donors (Lipinski definition) is 1. The molecule has 0 aliphatic heterocycles. The lowest BCUT2D eigenvalue weighted by molar-refractivity contribution is 0.414. The van der Waals surface area contributed by atoms with Crippen LogP contribution in [0.25, 0.3) is 22.3 Å². The SMILES string of the molecule is COc1ccnc(-c2ccccc2[S+]([O-])c2nc3ccccc3[nH]2)c1. The van der Waals surface area contributed by atoms with E-state index in [-0.39, 0.29) is 0 Å². The normalized spacial score (nSPS) is 12.2. The smallest absolute Gasteiger partial charge is 0.327 e. The van der Waals surface area contributed by atoms with Crippen molar-refractivity contribution in [3.63, 3.8) is 0 Å². The number of imidazole rings is 1. The number of aromatic amines is 1. The average Bonchev–Trinajstić information content (AvgIpc) is 3.11. The lowest BCUT2D eigenvalue weighted by atomic mass is 10.1. The number of methoxy groups -OCH3 is 1. The standard InChI is InChI=1S/C19H15N3O2S/c1-24-13-10-11-20-17(12-13)14-6-2-5-9-18(14)25(23)19-21-15-7-3-4-8-16(15)22-19/h2-12H,1H3,(H,21,22). The number of aromatic nitrogens is 3. The molecule has 1 atom stereocenters. The van der Waals surface area contributed by atoms with Gasteiger partial charge in [-0.15, -0.1) is 0 Å². The van der Waals surface area contributed by atoms with Crippen molar-refractivity contribution >= 4 is 22.2 Å². The summed E-state index contributed by atoms with van der Waals surface area (Å²) < 4.78 is 18.4. The Bertz CT molecular complexity index is 999. The van der Waals surface area contributed by atoms with Gasteiger partial charge in [0.1, 0.15) is 5.75 Å². The fraction of sp³-hybridized carbons (Fsp3) is 0.0526. The molecule has 2 aromatic heterocycles. The first kappa shape index (κ1) is 15.7. The van der Waals surface area contributed by atoms with E-state index in [2.05, 4.69) is 15.0 Å². The maximum Gasteiger partial charge on any atom is 0.327 e. The van der Waals surface area contributed by atoms with Gasteiger partial charge in [0.2, 0.25) is 0 Å². The van der Waals surface area contributed by atoms with E-state index in [1.54, 1.807) is 19.4 Å². The van der Waals surface area contributed by atoms with Crippen LogP contribution in [0.5, 0.6) is 5.75 Å². The number of nitrogens with zero attached hydrogens (tertiary/aromatic N) is 2. The molecule has 0 aliphatic carbocycles. The largest absolute Gasteiger partial charge is 0.604 e. The first-order valence-corrected chi connectivity index (χ1v) is 8.87. The van der Waals surface area contributed by atoms with Crippen molar-refractivity contribution in [3.05, 3.63) is 66.9 Å². The minimum atomic E-state index is -1.45. The van der Waals surface area contributed by atoms with E-state index >= 15 is 0 Å². The summed E-state index contributed by atoms with van der Waals surface area (Å²) in [6.07, 6.45) is 1.68. The zero-order chi connectivity index (χ0) is 17.2. The van der Waals surface area contributed by atoms with E-state index < -0.39 is 11.2 Å². The third-order valence-electron chi connectivity index (χ3n) is 3.87. The van der Waals surface area contributed by atoms with Gasteiger partial charge in [-0.25, -0.2) is 0 Å². The summed E-state index contributed by atoms with van der Waals surface area (Å²) in [7, 11) is 1.61. The molecule has 2 aromatic carbocycles. The molecule has 124 valence electrons. The molecule has 4 rings (SSSR count). The van der Waals surface area contributed by atoms with Crippen molar-refractivity contribution in [1.29, 1.82) is 0 Å². The topological polar surface area (TPSA) is 73.9 Å². The zero-order valence-electron chi connectivity index (χ0n) is 13.5. The monoisotopic (exact) mass is 349 g/mol. The van der Waals surface area contributed by atoms with Crippen molar-refractivity contribution in [3.8, 4) is 17.0 Å². The highest BCUT2D eigenvalue weighted by atomic mass is 32.2. The predicted octanol–water partition coefficient (Wildman–Crippen LogP) is 3.80. The number of para-hydroxylation sites is 2. The molecule has 0 aliphatic rings. The molecular formula is C19H15N3O2S. The second-order valence-corrected chi connectivity index (χ2v) is 6.77. The molecular weight excluding hydrogens is 334 g/mol. The fourth-order valence-electron chi connectivity index (χ4n) is 2.65. The van der Waals surface area contributed by atoms with Crippen LogP contribution in [0, 0.1) is 0 Å². The van der Waals surface area contributed by atoms with E-state index in [0.717, 1.165) is 16.6 Å². The summed E-state index contributed by atoms with van der Waals surface area (Å²) in [6, 6.07) is 18.7. The van der Waals surface area contributed by atoms with Gasteiger partial charge < -0.3 is 9.29 Å². The zero-order valence-corrected chi connectivity index (χ0v) is 14.3. The molecule has 0 spiro atoms. The van der Waals surface area contributed by atoms with Gasteiger partial charge in [-0.2, -0.15) is 4.98 Å². The van der Waals surface area contributed by atoms with Crippen LogP contribution in [-0.4, -0.2) is 26.6 Å². The van der Waals surface area contributed by atoms with E-state index in [1.165, 1.54) is 0 Å². The highest BCUT2D eigenvalue weighted by Crippen LogP contribution is 2.31. The Morgan fingerprint density at radius 2 is 1.84 bits per heavy atom. The Morgan fingerprint density at radius 3 is 2.68 bits per heavy atom. The number of H-pyrrole nitrogens is 1. The average molecular weight is 349 g/mol. The number of benzene rings is 2. The second kappa shape index (κ2) is 6.58. The van der Waals surface area contributed by atoms with E-state index in [4.69, 9.17) is 4.74 Å². The van der Waals surface area contributed by atoms with Crippen molar-refractivity contribution in [1.82, 2.24) is 15.0 Å². The summed E-state index contributed by atoms with van der Waals surface area (Å²) in [6.45, 7) is 0. The Morgan fingerprint density at radius 1 is 1.04 bits per heavy atom. The minimum Gasteiger partial charge on any atom is -0.604 e. The molecule has 1 N–H and O–H groups in total. The molecule has 0 saturated heterocycles. The summed E-state index contributed by atoms with van der Waals surface area (Å²) in [5.41, 5.74) is 3.16. The van der Waals surface area contributed by atoms with Gasteiger partial charge in [0.25, 0.3) is 0 Å². The minimum absolute atomic E-state index is 0.427. The Labute approximate surface area is 147 Å². The van der Waals surface area contributed by atoms with Crippen LogP contribution in [0.3, 0.4) is 0 Å². The van der Waals surface area contributed by atoms with Crippen molar-refractivity contribution in [2.24, 2.45) is 0 Å². The van der Waals surface area contributed by atoms with Crippen LogP contribution >= 0.6 is 0 Å². The first-order valence-electron chi connectivity index (χ1n) is 7.72. The number of nitrogens with one attached hydrogen (secondary N) is 1. The van der Waals surface area contributed by atoms with Crippen LogP contribution in [0.15, 0.2) is 76.9 Å². The quantitative estimate of drug-likeness (QED) is 0.569. The van der Waals surface area contributed by atoms with Crippen LogP contribution in [0.1, 0.15) is 0 Å². The molecule has 5 nitrogen and oxygen atoms in total. The van der Waals surface area contributed by atoms with Gasteiger partial charge in [0, 0.05) is 12.3 Å². The van der Waals surface area contributed by atoms with Gasteiger partial charge in [-0.3, -0.25) is 9.97 Å². The van der Waals surface area contributed by atoms with Crippen LogP contribution in [0.2, 0.25) is 0 Å². The number of rotatable bonds is 4. The summed E-state index contributed by atoms with van der Waals surface area (Å²) in [5, 5.41) is 0.427. The Balaban J connectivity index is 1.79. The number of hydrogen-bond acceptors (Lipinski definition) is 4. The third-order valence-corrected chi connectivity index (χ3v) is 5.17. The highest BCUT2D eigenvalue weighted by molar-refractivity contribution is 7.91. The molecule has 0 saturated carbocycles. The van der Waals surface area contributed by atoms with Crippen molar-refractivity contribution in [2.75, 3.05) is 7.11 Å².